The number of aryl methyl sites for hydroxylation is 2. The van der Waals surface area contributed by atoms with Gasteiger partial charge in [-0.3, -0.25) is 4.68 Å². The molecule has 1 aromatic heterocycles. The van der Waals surface area contributed by atoms with Crippen LogP contribution in [-0.2, 0) is 13.5 Å². The first-order chi connectivity index (χ1) is 9.19. The molecule has 4 heteroatoms. The quantitative estimate of drug-likeness (QED) is 0.895. The Morgan fingerprint density at radius 3 is 2.74 bits per heavy atom. The zero-order valence-corrected chi connectivity index (χ0v) is 12.0. The predicted molar refractivity (Wildman–Crippen MR) is 76.5 cm³/mol. The van der Waals surface area contributed by atoms with Crippen LogP contribution in [-0.4, -0.2) is 23.9 Å². The molecule has 2 rings (SSSR count). The maximum absolute atomic E-state index is 5.29. The van der Waals surface area contributed by atoms with E-state index in [0.29, 0.717) is 0 Å². The third-order valence-corrected chi connectivity index (χ3v) is 3.34. The third-order valence-electron chi connectivity index (χ3n) is 3.34. The second-order valence-corrected chi connectivity index (χ2v) is 4.54. The normalized spacial score (nSPS) is 12.4. The molecule has 0 bridgehead atoms. The summed E-state index contributed by atoms with van der Waals surface area (Å²) in [4.78, 5) is 0. The minimum absolute atomic E-state index is 0.118. The topological polar surface area (TPSA) is 39.1 Å². The van der Waals surface area contributed by atoms with Crippen LogP contribution < -0.4 is 10.1 Å². The van der Waals surface area contributed by atoms with Gasteiger partial charge in [-0.05, 0) is 37.2 Å². The second kappa shape index (κ2) is 5.89. The van der Waals surface area contributed by atoms with Crippen molar-refractivity contribution in [2.45, 2.75) is 19.4 Å². The van der Waals surface area contributed by atoms with E-state index in [0.717, 1.165) is 23.6 Å². The van der Waals surface area contributed by atoms with Gasteiger partial charge in [0.15, 0.2) is 0 Å². The Hall–Kier alpha value is -1.81. The molecule has 0 saturated carbocycles. The summed E-state index contributed by atoms with van der Waals surface area (Å²) in [5, 5.41) is 7.86. The van der Waals surface area contributed by atoms with Gasteiger partial charge in [0.1, 0.15) is 5.75 Å². The highest BCUT2D eigenvalue weighted by molar-refractivity contribution is 5.35. The van der Waals surface area contributed by atoms with Crippen LogP contribution in [0.3, 0.4) is 0 Å². The van der Waals surface area contributed by atoms with E-state index in [9.17, 15) is 0 Å². The van der Waals surface area contributed by atoms with Gasteiger partial charge >= 0.3 is 0 Å². The van der Waals surface area contributed by atoms with Gasteiger partial charge in [0.05, 0.1) is 24.5 Å². The molecule has 102 valence electrons. The lowest BCUT2D eigenvalue weighted by atomic mass is 10.0. The van der Waals surface area contributed by atoms with Crippen molar-refractivity contribution in [1.82, 2.24) is 15.1 Å². The lowest BCUT2D eigenvalue weighted by Crippen LogP contribution is -2.20. The molecule has 0 saturated heterocycles. The molecule has 0 spiro atoms. The molecule has 0 radical (unpaired) electrons. The van der Waals surface area contributed by atoms with Crippen LogP contribution in [0.2, 0.25) is 0 Å². The molecule has 19 heavy (non-hydrogen) atoms. The van der Waals surface area contributed by atoms with E-state index in [2.05, 4.69) is 35.5 Å². The van der Waals surface area contributed by atoms with Gasteiger partial charge in [0, 0.05) is 7.05 Å². The van der Waals surface area contributed by atoms with Crippen LogP contribution in [0.25, 0.3) is 0 Å². The highest BCUT2D eigenvalue weighted by Gasteiger charge is 2.17. The SMILES string of the molecule is CCc1cc(C(NC)c2cccc(OC)c2)n(C)n1. The minimum atomic E-state index is 0.118. The first-order valence-electron chi connectivity index (χ1n) is 6.53. The van der Waals surface area contributed by atoms with E-state index in [1.807, 2.05) is 30.9 Å². The molecule has 0 aliphatic carbocycles. The molecule has 1 N–H and O–H groups in total. The van der Waals surface area contributed by atoms with Crippen LogP contribution in [0.4, 0.5) is 0 Å². The van der Waals surface area contributed by atoms with E-state index in [1.165, 1.54) is 5.56 Å². The number of benzene rings is 1. The zero-order chi connectivity index (χ0) is 13.8. The lowest BCUT2D eigenvalue weighted by Gasteiger charge is -2.17. The number of methoxy groups -OCH3 is 1. The van der Waals surface area contributed by atoms with Gasteiger partial charge in [0.2, 0.25) is 0 Å². The summed E-state index contributed by atoms with van der Waals surface area (Å²) in [5.74, 6) is 0.871. The van der Waals surface area contributed by atoms with Gasteiger partial charge in [-0.2, -0.15) is 5.10 Å². The van der Waals surface area contributed by atoms with Crippen molar-refractivity contribution in [3.63, 3.8) is 0 Å². The minimum Gasteiger partial charge on any atom is -0.497 e. The van der Waals surface area contributed by atoms with Crippen molar-refractivity contribution in [3.05, 3.63) is 47.3 Å². The van der Waals surface area contributed by atoms with Crippen molar-refractivity contribution in [1.29, 1.82) is 0 Å². The number of ether oxygens (including phenoxy) is 1. The molecule has 1 aromatic carbocycles. The summed E-state index contributed by atoms with van der Waals surface area (Å²) in [6.45, 7) is 2.12. The Balaban J connectivity index is 2.40. The molecule has 2 aromatic rings. The third kappa shape index (κ3) is 2.79. The molecule has 4 nitrogen and oxygen atoms in total. The highest BCUT2D eigenvalue weighted by Crippen LogP contribution is 2.25. The summed E-state index contributed by atoms with van der Waals surface area (Å²) < 4.78 is 7.24. The van der Waals surface area contributed by atoms with E-state index >= 15 is 0 Å². The number of nitrogens with one attached hydrogen (secondary N) is 1. The lowest BCUT2D eigenvalue weighted by molar-refractivity contribution is 0.413. The Bertz CT molecular complexity index is 548. The Kier molecular flexibility index (Phi) is 4.22. The van der Waals surface area contributed by atoms with Crippen molar-refractivity contribution >= 4 is 0 Å². The molecule has 1 atom stereocenters. The predicted octanol–water partition coefficient (Wildman–Crippen LogP) is 2.30. The van der Waals surface area contributed by atoms with Gasteiger partial charge in [-0.15, -0.1) is 0 Å². The molecule has 1 unspecified atom stereocenters. The summed E-state index contributed by atoms with van der Waals surface area (Å²) >= 11 is 0. The van der Waals surface area contributed by atoms with E-state index < -0.39 is 0 Å². The molecule has 0 aliphatic heterocycles. The van der Waals surface area contributed by atoms with E-state index in [4.69, 9.17) is 4.74 Å². The summed E-state index contributed by atoms with van der Waals surface area (Å²) in [6, 6.07) is 10.4. The number of rotatable bonds is 5. The Morgan fingerprint density at radius 2 is 2.16 bits per heavy atom. The molecular formula is C15H21N3O. The van der Waals surface area contributed by atoms with Crippen molar-refractivity contribution in [3.8, 4) is 5.75 Å². The van der Waals surface area contributed by atoms with Gasteiger partial charge in [-0.25, -0.2) is 0 Å². The van der Waals surface area contributed by atoms with Crippen molar-refractivity contribution < 1.29 is 4.74 Å². The highest BCUT2D eigenvalue weighted by atomic mass is 16.5. The van der Waals surface area contributed by atoms with Crippen molar-refractivity contribution in [2.24, 2.45) is 7.05 Å². The smallest absolute Gasteiger partial charge is 0.119 e. The molecule has 0 amide bonds. The van der Waals surface area contributed by atoms with E-state index in [-0.39, 0.29) is 6.04 Å². The summed E-state index contributed by atoms with van der Waals surface area (Å²) in [5.41, 5.74) is 3.45. The molecular weight excluding hydrogens is 238 g/mol. The van der Waals surface area contributed by atoms with Crippen LogP contribution in [0.1, 0.15) is 29.9 Å². The van der Waals surface area contributed by atoms with Gasteiger partial charge in [-0.1, -0.05) is 19.1 Å². The van der Waals surface area contributed by atoms with Gasteiger partial charge < -0.3 is 10.1 Å². The van der Waals surface area contributed by atoms with Crippen LogP contribution in [0.5, 0.6) is 5.75 Å². The van der Waals surface area contributed by atoms with Crippen LogP contribution >= 0.6 is 0 Å². The van der Waals surface area contributed by atoms with Crippen LogP contribution in [0.15, 0.2) is 30.3 Å². The number of aromatic nitrogens is 2. The fraction of sp³-hybridized carbons (Fsp3) is 0.400. The second-order valence-electron chi connectivity index (χ2n) is 4.54. The number of nitrogens with zero attached hydrogens (tertiary/aromatic N) is 2. The fourth-order valence-electron chi connectivity index (χ4n) is 2.29. The van der Waals surface area contributed by atoms with E-state index in [1.54, 1.807) is 7.11 Å². The standard InChI is InChI=1S/C15H21N3O/c1-5-12-10-14(18(3)17-12)15(16-2)11-7-6-8-13(9-11)19-4/h6-10,15-16H,5H2,1-4H3. The summed E-state index contributed by atoms with van der Waals surface area (Å²) in [6.07, 6.45) is 0.947. The van der Waals surface area contributed by atoms with Crippen LogP contribution in [0, 0.1) is 0 Å². The number of hydrogen-bond acceptors (Lipinski definition) is 3. The monoisotopic (exact) mass is 259 g/mol. The molecule has 0 fully saturated rings. The first kappa shape index (κ1) is 13.6. The maximum Gasteiger partial charge on any atom is 0.119 e. The first-order valence-corrected chi connectivity index (χ1v) is 6.53. The fourth-order valence-corrected chi connectivity index (χ4v) is 2.29. The Labute approximate surface area is 114 Å². The maximum atomic E-state index is 5.29. The Morgan fingerprint density at radius 1 is 1.37 bits per heavy atom. The number of hydrogen-bond donors (Lipinski definition) is 1. The largest absolute Gasteiger partial charge is 0.497 e. The van der Waals surface area contributed by atoms with Gasteiger partial charge in [0.25, 0.3) is 0 Å². The molecule has 1 heterocycles. The average Bonchev–Trinajstić information content (AvgIpc) is 2.81. The average molecular weight is 259 g/mol. The zero-order valence-electron chi connectivity index (χ0n) is 12.0. The summed E-state index contributed by atoms with van der Waals surface area (Å²) in [7, 11) is 5.63. The van der Waals surface area contributed by atoms with Crippen molar-refractivity contribution in [2.75, 3.05) is 14.2 Å². The molecule has 0 aliphatic rings.